The average molecular weight is 326 g/mol. The topological polar surface area (TPSA) is 61.0 Å². The van der Waals surface area contributed by atoms with Crippen LogP contribution >= 0.6 is 0 Å². The van der Waals surface area contributed by atoms with Crippen molar-refractivity contribution in [2.24, 2.45) is 0 Å². The highest BCUT2D eigenvalue weighted by Gasteiger charge is 2.25. The van der Waals surface area contributed by atoms with Crippen molar-refractivity contribution in [3.05, 3.63) is 47.3 Å². The Kier molecular flexibility index (Phi) is 4.45. The van der Waals surface area contributed by atoms with Crippen LogP contribution in [0.15, 0.2) is 30.5 Å². The van der Waals surface area contributed by atoms with Crippen molar-refractivity contribution >= 4 is 11.6 Å². The van der Waals surface area contributed by atoms with Crippen LogP contribution in [0.4, 0.5) is 5.69 Å². The lowest BCUT2D eigenvalue weighted by Crippen LogP contribution is -2.38. The highest BCUT2D eigenvalue weighted by atomic mass is 16.2. The maximum absolute atomic E-state index is 12.5. The molecule has 1 unspecified atom stereocenters. The maximum Gasteiger partial charge on any atom is 0.238 e. The predicted molar refractivity (Wildman–Crippen MR) is 96.1 cm³/mol. The zero-order valence-electron chi connectivity index (χ0n) is 14.9. The van der Waals surface area contributed by atoms with Crippen LogP contribution in [-0.2, 0) is 16.8 Å². The third kappa shape index (κ3) is 3.51. The number of aromatic amines is 1. The van der Waals surface area contributed by atoms with E-state index in [1.165, 1.54) is 11.3 Å². The lowest BCUT2D eigenvalue weighted by molar-refractivity contribution is -0.117. The van der Waals surface area contributed by atoms with Crippen molar-refractivity contribution < 1.29 is 4.79 Å². The van der Waals surface area contributed by atoms with Crippen molar-refractivity contribution in [1.82, 2.24) is 15.1 Å². The fraction of sp³-hybridized carbons (Fsp3) is 0.474. The fourth-order valence-electron chi connectivity index (χ4n) is 3.42. The Bertz CT molecular complexity index is 729. The van der Waals surface area contributed by atoms with E-state index in [-0.39, 0.29) is 11.3 Å². The SMILES string of the molecule is CC1CN(CC(=O)Nc2ccccc2C(C)(C)C)Cc2cn[nH]c21. The number of hydrogen-bond donors (Lipinski definition) is 2. The number of anilines is 1. The Balaban J connectivity index is 1.67. The Morgan fingerprint density at radius 2 is 2.12 bits per heavy atom. The number of benzene rings is 1. The summed E-state index contributed by atoms with van der Waals surface area (Å²) in [5, 5.41) is 10.3. The molecular formula is C19H26N4O. The summed E-state index contributed by atoms with van der Waals surface area (Å²) < 4.78 is 0. The molecule has 128 valence electrons. The Labute approximate surface area is 143 Å². The molecule has 1 aromatic carbocycles. The largest absolute Gasteiger partial charge is 0.325 e. The van der Waals surface area contributed by atoms with Gasteiger partial charge in [-0.2, -0.15) is 5.10 Å². The van der Waals surface area contributed by atoms with Crippen LogP contribution in [0.2, 0.25) is 0 Å². The Morgan fingerprint density at radius 3 is 2.88 bits per heavy atom. The van der Waals surface area contributed by atoms with Gasteiger partial charge in [-0.25, -0.2) is 0 Å². The zero-order valence-corrected chi connectivity index (χ0v) is 14.9. The summed E-state index contributed by atoms with van der Waals surface area (Å²) in [5.41, 5.74) is 4.45. The number of rotatable bonds is 3. The molecule has 0 bridgehead atoms. The molecule has 0 fully saturated rings. The van der Waals surface area contributed by atoms with Crippen molar-refractivity contribution in [2.45, 2.75) is 45.6 Å². The van der Waals surface area contributed by atoms with E-state index in [4.69, 9.17) is 0 Å². The van der Waals surface area contributed by atoms with Crippen LogP contribution in [0.25, 0.3) is 0 Å². The highest BCUT2D eigenvalue weighted by Crippen LogP contribution is 2.29. The summed E-state index contributed by atoms with van der Waals surface area (Å²) in [6.45, 7) is 10.7. The van der Waals surface area contributed by atoms with Gasteiger partial charge in [-0.05, 0) is 17.0 Å². The number of nitrogens with zero attached hydrogens (tertiary/aromatic N) is 2. The van der Waals surface area contributed by atoms with Gasteiger partial charge >= 0.3 is 0 Å². The third-order valence-corrected chi connectivity index (χ3v) is 4.55. The van der Waals surface area contributed by atoms with E-state index in [2.05, 4.69) is 54.2 Å². The monoisotopic (exact) mass is 326 g/mol. The second kappa shape index (κ2) is 6.40. The minimum absolute atomic E-state index is 0.00476. The van der Waals surface area contributed by atoms with E-state index < -0.39 is 0 Å². The quantitative estimate of drug-likeness (QED) is 0.910. The lowest BCUT2D eigenvalue weighted by atomic mass is 9.86. The molecule has 1 amide bonds. The molecule has 2 N–H and O–H groups in total. The molecule has 5 heteroatoms. The molecular weight excluding hydrogens is 300 g/mol. The number of fused-ring (bicyclic) bond motifs is 1. The average Bonchev–Trinajstić information content (AvgIpc) is 2.95. The first-order valence-corrected chi connectivity index (χ1v) is 8.48. The van der Waals surface area contributed by atoms with Gasteiger partial charge in [-0.15, -0.1) is 0 Å². The number of nitrogens with one attached hydrogen (secondary N) is 2. The molecule has 3 rings (SSSR count). The standard InChI is InChI=1S/C19H26N4O/c1-13-10-23(11-14-9-20-22-18(13)14)12-17(24)21-16-8-6-5-7-15(16)19(2,3)4/h5-9,13H,10-12H2,1-4H3,(H,20,22)(H,21,24). The second-order valence-corrected chi connectivity index (χ2v) is 7.72. The van der Waals surface area contributed by atoms with E-state index in [9.17, 15) is 4.79 Å². The number of hydrogen-bond acceptors (Lipinski definition) is 3. The number of carbonyl (C=O) groups excluding carboxylic acids is 1. The maximum atomic E-state index is 12.5. The van der Waals surface area contributed by atoms with Gasteiger partial charge in [0.1, 0.15) is 0 Å². The van der Waals surface area contributed by atoms with Crippen LogP contribution in [0, 0.1) is 0 Å². The molecule has 0 saturated heterocycles. The van der Waals surface area contributed by atoms with Crippen molar-refractivity contribution in [2.75, 3.05) is 18.4 Å². The highest BCUT2D eigenvalue weighted by molar-refractivity contribution is 5.93. The first-order chi connectivity index (χ1) is 11.3. The first-order valence-electron chi connectivity index (χ1n) is 8.48. The summed E-state index contributed by atoms with van der Waals surface area (Å²) in [5.74, 6) is 0.400. The minimum atomic E-state index is -0.00476. The summed E-state index contributed by atoms with van der Waals surface area (Å²) in [6.07, 6.45) is 1.87. The van der Waals surface area contributed by atoms with Gasteiger partial charge in [0.05, 0.1) is 12.7 Å². The molecule has 2 aromatic rings. The Morgan fingerprint density at radius 1 is 1.38 bits per heavy atom. The van der Waals surface area contributed by atoms with E-state index >= 15 is 0 Å². The fourth-order valence-corrected chi connectivity index (χ4v) is 3.42. The molecule has 0 radical (unpaired) electrons. The van der Waals surface area contributed by atoms with Crippen LogP contribution in [0.1, 0.15) is 50.4 Å². The molecule has 1 aliphatic heterocycles. The summed E-state index contributed by atoms with van der Waals surface area (Å²) in [7, 11) is 0. The van der Waals surface area contributed by atoms with Gasteiger partial charge in [-0.1, -0.05) is 45.9 Å². The van der Waals surface area contributed by atoms with Crippen LogP contribution < -0.4 is 5.32 Å². The van der Waals surface area contributed by atoms with Gasteiger partial charge in [0, 0.05) is 36.0 Å². The van der Waals surface area contributed by atoms with Gasteiger partial charge in [0.2, 0.25) is 5.91 Å². The van der Waals surface area contributed by atoms with Gasteiger partial charge in [0.25, 0.3) is 0 Å². The van der Waals surface area contributed by atoms with Gasteiger partial charge in [-0.3, -0.25) is 14.8 Å². The summed E-state index contributed by atoms with van der Waals surface area (Å²) >= 11 is 0. The number of aromatic nitrogens is 2. The Hall–Kier alpha value is -2.14. The molecule has 0 aliphatic carbocycles. The molecule has 1 atom stereocenters. The summed E-state index contributed by atoms with van der Waals surface area (Å²) in [4.78, 5) is 14.7. The normalized spacial score (nSPS) is 18.2. The molecule has 5 nitrogen and oxygen atoms in total. The van der Waals surface area contributed by atoms with Crippen molar-refractivity contribution in [3.8, 4) is 0 Å². The smallest absolute Gasteiger partial charge is 0.238 e. The molecule has 2 heterocycles. The zero-order chi connectivity index (χ0) is 17.3. The van der Waals surface area contributed by atoms with E-state index in [0.29, 0.717) is 12.5 Å². The van der Waals surface area contributed by atoms with Crippen molar-refractivity contribution in [3.63, 3.8) is 0 Å². The van der Waals surface area contributed by atoms with E-state index in [1.807, 2.05) is 24.4 Å². The van der Waals surface area contributed by atoms with Gasteiger partial charge in [0.15, 0.2) is 0 Å². The lowest BCUT2D eigenvalue weighted by Gasteiger charge is -2.30. The van der Waals surface area contributed by atoms with Gasteiger partial charge < -0.3 is 5.32 Å². The number of para-hydroxylation sites is 1. The van der Waals surface area contributed by atoms with Crippen LogP contribution in [0.3, 0.4) is 0 Å². The molecule has 24 heavy (non-hydrogen) atoms. The third-order valence-electron chi connectivity index (χ3n) is 4.55. The van der Waals surface area contributed by atoms with Crippen LogP contribution in [0.5, 0.6) is 0 Å². The first kappa shape index (κ1) is 16.7. The molecule has 1 aromatic heterocycles. The van der Waals surface area contributed by atoms with Crippen LogP contribution in [-0.4, -0.2) is 34.1 Å². The molecule has 1 aliphatic rings. The van der Waals surface area contributed by atoms with E-state index in [1.54, 1.807) is 0 Å². The number of H-pyrrole nitrogens is 1. The van der Waals surface area contributed by atoms with Crippen molar-refractivity contribution in [1.29, 1.82) is 0 Å². The van der Waals surface area contributed by atoms with E-state index in [0.717, 1.165) is 24.3 Å². The number of carbonyl (C=O) groups is 1. The predicted octanol–water partition coefficient (Wildman–Crippen LogP) is 3.27. The molecule has 0 spiro atoms. The number of amides is 1. The minimum Gasteiger partial charge on any atom is -0.325 e. The summed E-state index contributed by atoms with van der Waals surface area (Å²) in [6, 6.07) is 8.04. The molecule has 0 saturated carbocycles. The second-order valence-electron chi connectivity index (χ2n) is 7.72.